The monoisotopic (exact) mass is 316 g/mol. The second-order valence-corrected chi connectivity index (χ2v) is 4.56. The maximum atomic E-state index is 12.7. The molecule has 9 heteroatoms. The van der Waals surface area contributed by atoms with Gasteiger partial charge in [0.25, 0.3) is 0 Å². The fourth-order valence-corrected chi connectivity index (χ4v) is 1.77. The number of hydrogen-bond donors (Lipinski definition) is 1. The lowest BCUT2D eigenvalue weighted by atomic mass is 10.1. The highest BCUT2D eigenvalue weighted by Gasteiger charge is 2.30. The third kappa shape index (κ3) is 4.25. The number of aliphatic hydroxyl groups excluding tert-OH is 1. The molecule has 0 saturated carbocycles. The number of hydrogen-bond acceptors (Lipinski definition) is 5. The summed E-state index contributed by atoms with van der Waals surface area (Å²) in [6.07, 6.45) is -5.25. The minimum absolute atomic E-state index is 0.0476. The molecule has 22 heavy (non-hydrogen) atoms. The molecule has 1 aromatic carbocycles. The van der Waals surface area contributed by atoms with E-state index in [9.17, 15) is 18.3 Å². The molecule has 1 N–H and O–H groups in total. The molecule has 2 aromatic rings. The predicted octanol–water partition coefficient (Wildman–Crippen LogP) is 1.76. The number of halogens is 3. The van der Waals surface area contributed by atoms with Crippen LogP contribution < -0.4 is 0 Å². The molecule has 0 spiro atoms. The van der Waals surface area contributed by atoms with Gasteiger partial charge in [0, 0.05) is 12.2 Å². The molecular weight excluding hydrogens is 301 g/mol. The van der Waals surface area contributed by atoms with Crippen molar-refractivity contribution in [2.45, 2.75) is 25.7 Å². The number of aromatic nitrogens is 4. The van der Waals surface area contributed by atoms with E-state index >= 15 is 0 Å². The summed E-state index contributed by atoms with van der Waals surface area (Å²) in [7, 11) is 0. The minimum Gasteiger partial charge on any atom is -0.389 e. The molecule has 2 rings (SSSR count). The van der Waals surface area contributed by atoms with Gasteiger partial charge in [0.15, 0.2) is 0 Å². The fraction of sp³-hybridized carbons (Fsp3) is 0.462. The molecule has 1 aromatic heterocycles. The van der Waals surface area contributed by atoms with Crippen molar-refractivity contribution in [2.75, 3.05) is 13.2 Å². The molecule has 0 unspecified atom stereocenters. The normalized spacial score (nSPS) is 13.3. The average molecular weight is 316 g/mol. The van der Waals surface area contributed by atoms with Gasteiger partial charge < -0.3 is 9.84 Å². The summed E-state index contributed by atoms with van der Waals surface area (Å²) in [5.41, 5.74) is -0.571. The summed E-state index contributed by atoms with van der Waals surface area (Å²) in [6, 6.07) is 4.67. The van der Waals surface area contributed by atoms with Gasteiger partial charge in [0.05, 0.1) is 24.8 Å². The molecule has 1 atom stereocenters. The highest BCUT2D eigenvalue weighted by molar-refractivity contribution is 5.55. The highest BCUT2D eigenvalue weighted by Crippen LogP contribution is 2.31. The van der Waals surface area contributed by atoms with Gasteiger partial charge in [-0.2, -0.15) is 18.0 Å². The lowest BCUT2D eigenvalue weighted by Gasteiger charge is -2.08. The summed E-state index contributed by atoms with van der Waals surface area (Å²) in [4.78, 5) is 1.12. The number of tetrazole rings is 1. The second kappa shape index (κ2) is 6.84. The van der Waals surface area contributed by atoms with Crippen molar-refractivity contribution in [2.24, 2.45) is 0 Å². The lowest BCUT2D eigenvalue weighted by molar-refractivity contribution is -0.137. The molecular formula is C13H15F3N4O2. The Kier molecular flexibility index (Phi) is 5.09. The van der Waals surface area contributed by atoms with E-state index in [1.807, 2.05) is 0 Å². The third-order valence-electron chi connectivity index (χ3n) is 2.79. The number of alkyl halides is 3. The van der Waals surface area contributed by atoms with Crippen LogP contribution in [-0.2, 0) is 17.5 Å². The Bertz CT molecular complexity index is 615. The van der Waals surface area contributed by atoms with E-state index in [1.54, 1.807) is 6.92 Å². The van der Waals surface area contributed by atoms with E-state index in [0.717, 1.165) is 16.9 Å². The SMILES string of the molecule is CCOC[C@@H](O)Cn1nnc(-c2cccc(C(F)(F)F)c2)n1. The van der Waals surface area contributed by atoms with Gasteiger partial charge >= 0.3 is 6.18 Å². The van der Waals surface area contributed by atoms with E-state index in [-0.39, 0.29) is 24.5 Å². The lowest BCUT2D eigenvalue weighted by Crippen LogP contribution is -2.23. The van der Waals surface area contributed by atoms with Crippen LogP contribution in [0.5, 0.6) is 0 Å². The Balaban J connectivity index is 2.11. The maximum absolute atomic E-state index is 12.7. The van der Waals surface area contributed by atoms with Crippen molar-refractivity contribution >= 4 is 0 Å². The van der Waals surface area contributed by atoms with Crippen LogP contribution in [0.25, 0.3) is 11.4 Å². The molecule has 0 aliphatic rings. The number of ether oxygens (including phenoxy) is 1. The maximum Gasteiger partial charge on any atom is 0.416 e. The van der Waals surface area contributed by atoms with Crippen molar-refractivity contribution in [3.8, 4) is 11.4 Å². The summed E-state index contributed by atoms with van der Waals surface area (Å²) in [5, 5.41) is 21.0. The third-order valence-corrected chi connectivity index (χ3v) is 2.79. The number of benzene rings is 1. The molecule has 0 amide bonds. The zero-order valence-electron chi connectivity index (χ0n) is 11.8. The number of nitrogens with zero attached hydrogens (tertiary/aromatic N) is 4. The molecule has 0 radical (unpaired) electrons. The molecule has 0 aliphatic heterocycles. The Morgan fingerprint density at radius 1 is 1.36 bits per heavy atom. The summed E-state index contributed by atoms with van der Waals surface area (Å²) in [5.74, 6) is 0.0645. The standard InChI is InChI=1S/C13H15F3N4O2/c1-2-22-8-11(21)7-20-18-12(17-19-20)9-4-3-5-10(6-9)13(14,15)16/h3-6,11,21H,2,7-8H2,1H3/t11-/m0/s1. The van der Waals surface area contributed by atoms with Crippen LogP contribution in [0.15, 0.2) is 24.3 Å². The zero-order valence-corrected chi connectivity index (χ0v) is 11.8. The second-order valence-electron chi connectivity index (χ2n) is 4.56. The summed E-state index contributed by atoms with van der Waals surface area (Å²) >= 11 is 0. The van der Waals surface area contributed by atoms with Gasteiger partial charge in [-0.25, -0.2) is 0 Å². The Hall–Kier alpha value is -2.00. The van der Waals surface area contributed by atoms with Crippen LogP contribution in [0.1, 0.15) is 12.5 Å². The largest absolute Gasteiger partial charge is 0.416 e. The first-order valence-electron chi connectivity index (χ1n) is 6.61. The fourth-order valence-electron chi connectivity index (χ4n) is 1.77. The summed E-state index contributed by atoms with van der Waals surface area (Å²) in [6.45, 7) is 2.44. The first-order valence-corrected chi connectivity index (χ1v) is 6.61. The number of rotatable bonds is 6. The van der Waals surface area contributed by atoms with E-state index in [2.05, 4.69) is 15.4 Å². The first kappa shape index (κ1) is 16.4. The Morgan fingerprint density at radius 3 is 2.82 bits per heavy atom. The molecule has 0 fully saturated rings. The van der Waals surface area contributed by atoms with Crippen LogP contribution in [-0.4, -0.2) is 44.6 Å². The van der Waals surface area contributed by atoms with Crippen LogP contribution in [0.4, 0.5) is 13.2 Å². The number of aliphatic hydroxyl groups is 1. The van der Waals surface area contributed by atoms with Crippen LogP contribution in [0, 0.1) is 0 Å². The average Bonchev–Trinajstić information content (AvgIpc) is 2.93. The van der Waals surface area contributed by atoms with E-state index < -0.39 is 17.8 Å². The topological polar surface area (TPSA) is 73.1 Å². The zero-order chi connectivity index (χ0) is 16.2. The Labute approximate surface area is 124 Å². The van der Waals surface area contributed by atoms with Crippen molar-refractivity contribution in [1.29, 1.82) is 0 Å². The molecule has 0 aliphatic carbocycles. The molecule has 1 heterocycles. The highest BCUT2D eigenvalue weighted by atomic mass is 19.4. The van der Waals surface area contributed by atoms with Gasteiger partial charge in [-0.05, 0) is 24.3 Å². The van der Waals surface area contributed by atoms with Crippen LogP contribution >= 0.6 is 0 Å². The Morgan fingerprint density at radius 2 is 2.14 bits per heavy atom. The van der Waals surface area contributed by atoms with Crippen LogP contribution in [0.3, 0.4) is 0 Å². The quantitative estimate of drug-likeness (QED) is 0.879. The van der Waals surface area contributed by atoms with E-state index in [0.29, 0.717) is 6.61 Å². The molecule has 0 saturated heterocycles. The van der Waals surface area contributed by atoms with Gasteiger partial charge in [-0.15, -0.1) is 10.2 Å². The molecule has 6 nitrogen and oxygen atoms in total. The van der Waals surface area contributed by atoms with Crippen molar-refractivity contribution in [3.05, 3.63) is 29.8 Å². The van der Waals surface area contributed by atoms with Crippen molar-refractivity contribution in [1.82, 2.24) is 20.2 Å². The summed E-state index contributed by atoms with van der Waals surface area (Å²) < 4.78 is 43.1. The van der Waals surface area contributed by atoms with Gasteiger partial charge in [0.2, 0.25) is 5.82 Å². The molecule has 0 bridgehead atoms. The smallest absolute Gasteiger partial charge is 0.389 e. The van der Waals surface area contributed by atoms with Gasteiger partial charge in [0.1, 0.15) is 0 Å². The van der Waals surface area contributed by atoms with Crippen molar-refractivity contribution in [3.63, 3.8) is 0 Å². The molecule has 120 valence electrons. The minimum atomic E-state index is -4.43. The van der Waals surface area contributed by atoms with E-state index in [1.165, 1.54) is 12.1 Å². The van der Waals surface area contributed by atoms with E-state index in [4.69, 9.17) is 4.74 Å². The predicted molar refractivity (Wildman–Crippen MR) is 70.8 cm³/mol. The van der Waals surface area contributed by atoms with Crippen molar-refractivity contribution < 1.29 is 23.0 Å². The van der Waals surface area contributed by atoms with Gasteiger partial charge in [-0.1, -0.05) is 12.1 Å². The van der Waals surface area contributed by atoms with Gasteiger partial charge in [-0.3, -0.25) is 0 Å². The first-order chi connectivity index (χ1) is 10.4. The van der Waals surface area contributed by atoms with Crippen LogP contribution in [0.2, 0.25) is 0 Å².